The van der Waals surface area contributed by atoms with Crippen LogP contribution in [0.15, 0.2) is 78.9 Å². The molecule has 1 aliphatic heterocycles. The molecule has 0 saturated carbocycles. The summed E-state index contributed by atoms with van der Waals surface area (Å²) in [5, 5.41) is 12.4. The van der Waals surface area contributed by atoms with Crippen LogP contribution >= 0.6 is 0 Å². The minimum Gasteiger partial charge on any atom is -0.394 e. The van der Waals surface area contributed by atoms with Crippen LogP contribution < -0.4 is 10.2 Å². The van der Waals surface area contributed by atoms with Gasteiger partial charge in [0.05, 0.1) is 6.61 Å². The number of hydrogen-bond donors (Lipinski definition) is 2. The molecular weight excluding hydrogens is 421 g/mol. The fourth-order valence-corrected chi connectivity index (χ4v) is 3.93. The highest BCUT2D eigenvalue weighted by molar-refractivity contribution is 5.98. The molecule has 0 aliphatic carbocycles. The van der Waals surface area contributed by atoms with Gasteiger partial charge in [-0.1, -0.05) is 42.5 Å². The number of rotatable bonds is 6. The Morgan fingerprint density at radius 3 is 2.06 bits per heavy atom. The fraction of sp³-hybridized carbons (Fsp3) is 0.231. The standard InChI is InChI=1S/C26H26FN3O3/c27-22-10-12-23(13-11-22)29-14-16-30(17-15-29)26(33)24(18-31)28-25(32)21-8-6-20(7-9-21)19-4-2-1-3-5-19/h1-13,24,31H,14-18H2,(H,28,32)/t24-/m0/s1. The van der Waals surface area contributed by atoms with Crippen LogP contribution in [0.5, 0.6) is 0 Å². The van der Waals surface area contributed by atoms with Gasteiger partial charge in [-0.2, -0.15) is 0 Å². The first-order valence-corrected chi connectivity index (χ1v) is 10.9. The molecule has 2 N–H and O–H groups in total. The largest absolute Gasteiger partial charge is 0.394 e. The SMILES string of the molecule is O=C(N[C@@H](CO)C(=O)N1CCN(c2ccc(F)cc2)CC1)c1ccc(-c2ccccc2)cc1. The summed E-state index contributed by atoms with van der Waals surface area (Å²) in [4.78, 5) is 29.3. The number of carbonyl (C=O) groups is 2. The maximum Gasteiger partial charge on any atom is 0.251 e. The third kappa shape index (κ3) is 5.38. The van der Waals surface area contributed by atoms with Gasteiger partial charge < -0.3 is 20.2 Å². The van der Waals surface area contributed by atoms with Crippen molar-refractivity contribution in [1.82, 2.24) is 10.2 Å². The van der Waals surface area contributed by atoms with Gasteiger partial charge in [-0.15, -0.1) is 0 Å². The molecule has 3 aromatic rings. The smallest absolute Gasteiger partial charge is 0.251 e. The first-order valence-electron chi connectivity index (χ1n) is 10.9. The van der Waals surface area contributed by atoms with Gasteiger partial charge >= 0.3 is 0 Å². The summed E-state index contributed by atoms with van der Waals surface area (Å²) in [6.45, 7) is 1.60. The van der Waals surface area contributed by atoms with E-state index in [4.69, 9.17) is 0 Å². The highest BCUT2D eigenvalue weighted by atomic mass is 19.1. The molecule has 33 heavy (non-hydrogen) atoms. The van der Waals surface area contributed by atoms with Crippen molar-refractivity contribution >= 4 is 17.5 Å². The van der Waals surface area contributed by atoms with Gasteiger partial charge in [0, 0.05) is 37.4 Å². The van der Waals surface area contributed by atoms with Crippen molar-refractivity contribution in [2.24, 2.45) is 0 Å². The third-order valence-corrected chi connectivity index (χ3v) is 5.82. The molecule has 4 rings (SSSR count). The van der Waals surface area contributed by atoms with Gasteiger partial charge in [0.25, 0.3) is 5.91 Å². The number of nitrogens with zero attached hydrogens (tertiary/aromatic N) is 2. The van der Waals surface area contributed by atoms with E-state index in [9.17, 15) is 19.1 Å². The number of aliphatic hydroxyl groups is 1. The fourth-order valence-electron chi connectivity index (χ4n) is 3.93. The Balaban J connectivity index is 1.34. The molecule has 1 aliphatic rings. The monoisotopic (exact) mass is 447 g/mol. The number of benzene rings is 3. The van der Waals surface area contributed by atoms with Gasteiger partial charge in [0.2, 0.25) is 5.91 Å². The van der Waals surface area contributed by atoms with E-state index in [1.165, 1.54) is 12.1 Å². The van der Waals surface area contributed by atoms with Gasteiger partial charge in [0.15, 0.2) is 0 Å². The molecule has 7 heteroatoms. The molecule has 3 aromatic carbocycles. The number of halogens is 1. The van der Waals surface area contributed by atoms with E-state index in [1.807, 2.05) is 42.5 Å². The molecule has 1 heterocycles. The Labute approximate surface area is 192 Å². The topological polar surface area (TPSA) is 72.9 Å². The van der Waals surface area contributed by atoms with Gasteiger partial charge in [-0.3, -0.25) is 9.59 Å². The molecule has 0 radical (unpaired) electrons. The molecule has 1 saturated heterocycles. The van der Waals surface area contributed by atoms with Crippen molar-refractivity contribution < 1.29 is 19.1 Å². The zero-order valence-electron chi connectivity index (χ0n) is 18.2. The highest BCUT2D eigenvalue weighted by Crippen LogP contribution is 2.20. The van der Waals surface area contributed by atoms with E-state index in [1.54, 1.807) is 29.2 Å². The van der Waals surface area contributed by atoms with E-state index in [0.717, 1.165) is 16.8 Å². The van der Waals surface area contributed by atoms with Crippen LogP contribution in [0.4, 0.5) is 10.1 Å². The van der Waals surface area contributed by atoms with Crippen molar-refractivity contribution in [3.8, 4) is 11.1 Å². The maximum atomic E-state index is 13.1. The van der Waals surface area contributed by atoms with Crippen molar-refractivity contribution in [3.05, 3.63) is 90.2 Å². The normalized spacial score (nSPS) is 14.6. The van der Waals surface area contributed by atoms with Crippen LogP contribution in [0.25, 0.3) is 11.1 Å². The second-order valence-corrected chi connectivity index (χ2v) is 7.94. The van der Waals surface area contributed by atoms with E-state index in [-0.39, 0.29) is 11.7 Å². The second-order valence-electron chi connectivity index (χ2n) is 7.94. The van der Waals surface area contributed by atoms with E-state index < -0.39 is 18.6 Å². The number of carbonyl (C=O) groups excluding carboxylic acids is 2. The number of aliphatic hydroxyl groups excluding tert-OH is 1. The van der Waals surface area contributed by atoms with Crippen molar-refractivity contribution in [2.45, 2.75) is 6.04 Å². The Morgan fingerprint density at radius 1 is 0.848 bits per heavy atom. The van der Waals surface area contributed by atoms with Crippen LogP contribution in [0.1, 0.15) is 10.4 Å². The quantitative estimate of drug-likeness (QED) is 0.610. The molecule has 170 valence electrons. The van der Waals surface area contributed by atoms with Crippen LogP contribution in [0.3, 0.4) is 0 Å². The van der Waals surface area contributed by atoms with E-state index >= 15 is 0 Å². The van der Waals surface area contributed by atoms with Crippen LogP contribution in [0.2, 0.25) is 0 Å². The number of piperazine rings is 1. The molecule has 1 atom stereocenters. The molecule has 0 spiro atoms. The van der Waals surface area contributed by atoms with Crippen LogP contribution in [0, 0.1) is 5.82 Å². The number of nitrogens with one attached hydrogen (secondary N) is 1. The Kier molecular flexibility index (Phi) is 7.00. The lowest BCUT2D eigenvalue weighted by molar-refractivity contribution is -0.134. The first-order chi connectivity index (χ1) is 16.0. The number of anilines is 1. The van der Waals surface area contributed by atoms with Gasteiger partial charge in [0.1, 0.15) is 11.9 Å². The molecule has 2 amide bonds. The minimum atomic E-state index is -1.01. The lowest BCUT2D eigenvalue weighted by Crippen LogP contribution is -2.56. The Morgan fingerprint density at radius 2 is 1.45 bits per heavy atom. The summed E-state index contributed by atoms with van der Waals surface area (Å²) in [5.74, 6) is -1.01. The van der Waals surface area contributed by atoms with Crippen molar-refractivity contribution in [2.75, 3.05) is 37.7 Å². The van der Waals surface area contributed by atoms with E-state index in [2.05, 4.69) is 10.2 Å². The summed E-state index contributed by atoms with van der Waals surface area (Å²) in [6, 6.07) is 22.2. The zero-order chi connectivity index (χ0) is 23.2. The van der Waals surface area contributed by atoms with Crippen molar-refractivity contribution in [1.29, 1.82) is 0 Å². The molecule has 1 fully saturated rings. The maximum absolute atomic E-state index is 13.1. The molecule has 0 unspecified atom stereocenters. The average molecular weight is 448 g/mol. The summed E-state index contributed by atoms with van der Waals surface area (Å²) in [6.07, 6.45) is 0. The molecule has 0 aromatic heterocycles. The predicted octanol–water partition coefficient (Wildman–Crippen LogP) is 2.93. The number of amides is 2. The van der Waals surface area contributed by atoms with Crippen LogP contribution in [-0.2, 0) is 4.79 Å². The minimum absolute atomic E-state index is 0.288. The average Bonchev–Trinajstić information content (AvgIpc) is 2.88. The third-order valence-electron chi connectivity index (χ3n) is 5.82. The molecule has 0 bridgehead atoms. The number of hydrogen-bond acceptors (Lipinski definition) is 4. The molecule has 6 nitrogen and oxygen atoms in total. The summed E-state index contributed by atoms with van der Waals surface area (Å²) in [5.41, 5.74) is 3.35. The second kappa shape index (κ2) is 10.3. The summed E-state index contributed by atoms with van der Waals surface area (Å²) in [7, 11) is 0. The highest BCUT2D eigenvalue weighted by Gasteiger charge is 2.28. The molecular formula is C26H26FN3O3. The predicted molar refractivity (Wildman–Crippen MR) is 125 cm³/mol. The van der Waals surface area contributed by atoms with Gasteiger partial charge in [-0.25, -0.2) is 4.39 Å². The summed E-state index contributed by atoms with van der Waals surface area (Å²) >= 11 is 0. The first kappa shape index (κ1) is 22.5. The van der Waals surface area contributed by atoms with E-state index in [0.29, 0.717) is 31.7 Å². The summed E-state index contributed by atoms with van der Waals surface area (Å²) < 4.78 is 13.1. The lowest BCUT2D eigenvalue weighted by atomic mass is 10.0. The van der Waals surface area contributed by atoms with Crippen molar-refractivity contribution in [3.63, 3.8) is 0 Å². The van der Waals surface area contributed by atoms with Gasteiger partial charge in [-0.05, 0) is 47.5 Å². The Hall–Kier alpha value is -3.71. The lowest BCUT2D eigenvalue weighted by Gasteiger charge is -2.37. The van der Waals surface area contributed by atoms with Crippen LogP contribution in [-0.4, -0.2) is 60.6 Å². The zero-order valence-corrected chi connectivity index (χ0v) is 18.2. The Bertz CT molecular complexity index is 1080.